The van der Waals surface area contributed by atoms with Crippen molar-refractivity contribution >= 4 is 28.1 Å². The van der Waals surface area contributed by atoms with Crippen molar-refractivity contribution in [2.24, 2.45) is 17.8 Å². The minimum absolute atomic E-state index is 0.0989. The second-order valence-electron chi connectivity index (χ2n) is 10.4. The molecule has 3 aromatic rings. The summed E-state index contributed by atoms with van der Waals surface area (Å²) in [6.45, 7) is 11.0. The Morgan fingerprint density at radius 3 is 2.31 bits per heavy atom. The Morgan fingerprint density at radius 2 is 1.59 bits per heavy atom. The minimum atomic E-state index is 0.0989. The highest BCUT2D eigenvalue weighted by molar-refractivity contribution is 6.28. The van der Waals surface area contributed by atoms with Gasteiger partial charge in [-0.05, 0) is 43.1 Å². The topological polar surface area (TPSA) is 49.6 Å². The molecule has 166 valence electrons. The maximum Gasteiger partial charge on any atom is 0.196 e. The van der Waals surface area contributed by atoms with Crippen LogP contribution in [0.5, 0.6) is 0 Å². The molecule has 1 aromatic heterocycles. The first-order valence-corrected chi connectivity index (χ1v) is 12.1. The number of hydrogen-bond donors (Lipinski definition) is 0. The molecule has 1 aliphatic carbocycles. The van der Waals surface area contributed by atoms with Crippen LogP contribution >= 0.6 is 0 Å². The quantitative estimate of drug-likeness (QED) is 0.406. The molecule has 0 spiro atoms. The van der Waals surface area contributed by atoms with E-state index < -0.39 is 0 Å². The molecule has 2 fully saturated rings. The summed E-state index contributed by atoms with van der Waals surface area (Å²) in [4.78, 5) is 18.7. The van der Waals surface area contributed by atoms with Crippen molar-refractivity contribution < 1.29 is 9.32 Å². The van der Waals surface area contributed by atoms with E-state index in [0.717, 1.165) is 89.7 Å². The van der Waals surface area contributed by atoms with E-state index in [1.807, 2.05) is 24.3 Å². The van der Waals surface area contributed by atoms with Gasteiger partial charge in [-0.1, -0.05) is 50.2 Å². The van der Waals surface area contributed by atoms with Crippen molar-refractivity contribution in [3.8, 4) is 11.3 Å². The summed E-state index contributed by atoms with van der Waals surface area (Å²) in [6.07, 6.45) is 3.57. The van der Waals surface area contributed by atoms with Gasteiger partial charge in [0.1, 0.15) is 5.52 Å². The lowest BCUT2D eigenvalue weighted by Gasteiger charge is -2.38. The highest BCUT2D eigenvalue weighted by Gasteiger charge is 2.36. The van der Waals surface area contributed by atoms with Crippen LogP contribution in [0.1, 0.15) is 56.0 Å². The summed E-state index contributed by atoms with van der Waals surface area (Å²) in [5.74, 6) is 2.85. The predicted octanol–water partition coefficient (Wildman–Crippen LogP) is 5.76. The number of piperidine rings is 2. The van der Waals surface area contributed by atoms with Gasteiger partial charge in [-0.25, -0.2) is 0 Å². The zero-order valence-electron chi connectivity index (χ0n) is 19.2. The molecule has 0 bridgehead atoms. The summed E-state index contributed by atoms with van der Waals surface area (Å²) >= 11 is 0. The van der Waals surface area contributed by atoms with E-state index in [4.69, 9.17) is 4.52 Å². The summed E-state index contributed by atoms with van der Waals surface area (Å²) in [7, 11) is 0. The molecule has 2 aliphatic heterocycles. The predicted molar refractivity (Wildman–Crippen MR) is 129 cm³/mol. The van der Waals surface area contributed by atoms with E-state index in [0.29, 0.717) is 11.8 Å². The first-order chi connectivity index (χ1) is 15.5. The SMILES string of the molecule is CC1CCN(c2cc(N3C[C@H](C)C[C@@H](C)C3)c3noc4c3c2C(=O)c2ccccc2-4)CC1. The largest absolute Gasteiger partial charge is 0.371 e. The van der Waals surface area contributed by atoms with E-state index in [1.165, 1.54) is 6.42 Å². The van der Waals surface area contributed by atoms with E-state index in [-0.39, 0.29) is 5.78 Å². The van der Waals surface area contributed by atoms with Crippen molar-refractivity contribution in [2.75, 3.05) is 36.0 Å². The molecule has 3 aliphatic rings. The van der Waals surface area contributed by atoms with E-state index in [2.05, 4.69) is 41.8 Å². The number of benzene rings is 2. The fourth-order valence-corrected chi connectivity index (χ4v) is 6.12. The number of carbonyl (C=O) groups is 1. The Morgan fingerprint density at radius 1 is 0.906 bits per heavy atom. The first kappa shape index (κ1) is 19.8. The van der Waals surface area contributed by atoms with Crippen LogP contribution in [0.15, 0.2) is 34.9 Å². The van der Waals surface area contributed by atoms with E-state index in [9.17, 15) is 4.79 Å². The third-order valence-corrected chi connectivity index (χ3v) is 7.69. The Labute approximate surface area is 189 Å². The Kier molecular flexibility index (Phi) is 4.56. The summed E-state index contributed by atoms with van der Waals surface area (Å²) in [6, 6.07) is 10.0. The van der Waals surface area contributed by atoms with Gasteiger partial charge in [0, 0.05) is 37.3 Å². The molecular formula is C27H31N3O2. The van der Waals surface area contributed by atoms with Crippen molar-refractivity contribution in [1.82, 2.24) is 5.16 Å². The molecule has 32 heavy (non-hydrogen) atoms. The third kappa shape index (κ3) is 2.97. The fourth-order valence-electron chi connectivity index (χ4n) is 6.12. The van der Waals surface area contributed by atoms with Crippen molar-refractivity contribution in [2.45, 2.75) is 40.0 Å². The van der Waals surface area contributed by atoms with Crippen molar-refractivity contribution in [3.05, 3.63) is 41.5 Å². The molecule has 2 saturated heterocycles. The summed E-state index contributed by atoms with van der Waals surface area (Å²) in [5.41, 5.74) is 5.40. The summed E-state index contributed by atoms with van der Waals surface area (Å²) in [5, 5.41) is 5.47. The van der Waals surface area contributed by atoms with Crippen molar-refractivity contribution in [1.29, 1.82) is 0 Å². The maximum absolute atomic E-state index is 13.8. The average Bonchev–Trinajstić information content (AvgIpc) is 3.22. The minimum Gasteiger partial charge on any atom is -0.371 e. The van der Waals surface area contributed by atoms with Gasteiger partial charge in [-0.3, -0.25) is 4.79 Å². The average molecular weight is 430 g/mol. The number of ketones is 1. The van der Waals surface area contributed by atoms with Gasteiger partial charge >= 0.3 is 0 Å². The van der Waals surface area contributed by atoms with Gasteiger partial charge in [-0.15, -0.1) is 0 Å². The molecule has 2 aromatic carbocycles. The number of anilines is 2. The lowest BCUT2D eigenvalue weighted by Crippen LogP contribution is -2.39. The van der Waals surface area contributed by atoms with E-state index in [1.54, 1.807) is 0 Å². The van der Waals surface area contributed by atoms with Crippen LogP contribution in [-0.2, 0) is 0 Å². The van der Waals surface area contributed by atoms with Gasteiger partial charge in [0.05, 0.1) is 22.3 Å². The van der Waals surface area contributed by atoms with Gasteiger partial charge in [0.2, 0.25) is 0 Å². The number of rotatable bonds is 2. The number of nitrogens with zero attached hydrogens (tertiary/aromatic N) is 3. The molecule has 0 amide bonds. The number of hydrogen-bond acceptors (Lipinski definition) is 5. The lowest BCUT2D eigenvalue weighted by atomic mass is 9.85. The molecule has 0 saturated carbocycles. The van der Waals surface area contributed by atoms with Gasteiger partial charge in [0.25, 0.3) is 0 Å². The van der Waals surface area contributed by atoms with Gasteiger partial charge < -0.3 is 14.3 Å². The van der Waals surface area contributed by atoms with Crippen LogP contribution in [-0.4, -0.2) is 37.1 Å². The molecule has 0 radical (unpaired) electrons. The summed E-state index contributed by atoms with van der Waals surface area (Å²) < 4.78 is 5.97. The maximum atomic E-state index is 13.8. The monoisotopic (exact) mass is 429 g/mol. The molecule has 5 heteroatoms. The molecule has 5 nitrogen and oxygen atoms in total. The first-order valence-electron chi connectivity index (χ1n) is 12.1. The Bertz CT molecular complexity index is 1200. The zero-order valence-corrected chi connectivity index (χ0v) is 19.2. The number of carbonyl (C=O) groups excluding carboxylic acids is 1. The normalized spacial score (nSPS) is 23.7. The number of aromatic nitrogens is 1. The smallest absolute Gasteiger partial charge is 0.196 e. The van der Waals surface area contributed by atoms with Crippen LogP contribution in [0.3, 0.4) is 0 Å². The molecular weight excluding hydrogens is 398 g/mol. The second kappa shape index (κ2) is 7.36. The standard InChI is InChI=1S/C27H31N3O2/c1-16-8-10-29(11-9-16)21-13-22(30-14-17(2)12-18(3)15-30)25-24-23(21)26(31)19-6-4-5-7-20(19)27(24)32-28-25/h4-7,13,16-18H,8-12,14-15H2,1-3H3/t17-,18-/m1/s1. The van der Waals surface area contributed by atoms with Crippen LogP contribution < -0.4 is 9.80 Å². The molecule has 0 N–H and O–H groups in total. The third-order valence-electron chi connectivity index (χ3n) is 7.69. The molecule has 3 heterocycles. The van der Waals surface area contributed by atoms with Gasteiger partial charge in [0.15, 0.2) is 11.5 Å². The molecule has 0 unspecified atom stereocenters. The lowest BCUT2D eigenvalue weighted by molar-refractivity contribution is 0.104. The van der Waals surface area contributed by atoms with Crippen molar-refractivity contribution in [3.63, 3.8) is 0 Å². The van der Waals surface area contributed by atoms with Gasteiger partial charge in [-0.2, -0.15) is 0 Å². The van der Waals surface area contributed by atoms with E-state index >= 15 is 0 Å². The van der Waals surface area contributed by atoms with Crippen LogP contribution in [0, 0.1) is 17.8 Å². The Hall–Kier alpha value is -2.82. The molecule has 6 rings (SSSR count). The zero-order chi connectivity index (χ0) is 22.0. The second-order valence-corrected chi connectivity index (χ2v) is 10.4. The van der Waals surface area contributed by atoms with Crippen LogP contribution in [0.25, 0.3) is 22.2 Å². The number of fused-ring (bicyclic) bond motifs is 2. The highest BCUT2D eigenvalue weighted by Crippen LogP contribution is 2.47. The van der Waals surface area contributed by atoms with Crippen LogP contribution in [0.2, 0.25) is 0 Å². The Balaban J connectivity index is 1.60. The highest BCUT2D eigenvalue weighted by atomic mass is 16.5. The van der Waals surface area contributed by atoms with Crippen LogP contribution in [0.4, 0.5) is 11.4 Å². The fraction of sp³-hybridized carbons (Fsp3) is 0.481. The molecule has 2 atom stereocenters.